The Hall–Kier alpha value is -2.42. The molecule has 1 fully saturated rings. The number of thiophene rings is 1. The Morgan fingerprint density at radius 2 is 2.19 bits per heavy atom. The van der Waals surface area contributed by atoms with Crippen molar-refractivity contribution in [2.75, 3.05) is 24.5 Å². The second-order valence-corrected chi connectivity index (χ2v) is 7.55. The van der Waals surface area contributed by atoms with Crippen LogP contribution in [0, 0.1) is 23.0 Å². The molecule has 0 atom stereocenters. The largest absolute Gasteiger partial charge is 0.355 e. The van der Waals surface area contributed by atoms with E-state index in [1.54, 1.807) is 30.0 Å². The molecular weight excluding hydrogens is 354 g/mol. The number of nitro groups is 1. The third-order valence-electron chi connectivity index (χ3n) is 4.76. The third kappa shape index (κ3) is 3.87. The highest BCUT2D eigenvalue weighted by Crippen LogP contribution is 2.33. The first-order valence-electron chi connectivity index (χ1n) is 8.70. The number of rotatable bonds is 6. The molecule has 26 heavy (non-hydrogen) atoms. The molecule has 0 spiro atoms. The summed E-state index contributed by atoms with van der Waals surface area (Å²) in [6, 6.07) is 4.08. The molecule has 1 saturated heterocycles. The fourth-order valence-corrected chi connectivity index (χ4v) is 4.17. The van der Waals surface area contributed by atoms with Crippen molar-refractivity contribution in [2.45, 2.75) is 26.2 Å². The molecule has 9 heteroatoms. The highest BCUT2D eigenvalue weighted by molar-refractivity contribution is 7.09. The molecule has 0 saturated carbocycles. The molecule has 2 aromatic heterocycles. The lowest BCUT2D eigenvalue weighted by Crippen LogP contribution is -2.41. The van der Waals surface area contributed by atoms with Crippen molar-refractivity contribution in [3.8, 4) is 0 Å². The minimum absolute atomic E-state index is 0.0389. The maximum atomic E-state index is 12.4. The Bertz CT molecular complexity index is 779. The summed E-state index contributed by atoms with van der Waals surface area (Å²) in [4.78, 5) is 26.6. The van der Waals surface area contributed by atoms with Gasteiger partial charge in [0.25, 0.3) is 0 Å². The zero-order valence-corrected chi connectivity index (χ0v) is 15.8. The minimum atomic E-state index is -0.374. The van der Waals surface area contributed by atoms with Gasteiger partial charge >= 0.3 is 5.69 Å². The number of nitrogens with one attached hydrogen (secondary N) is 1. The zero-order valence-electron chi connectivity index (χ0n) is 15.0. The van der Waals surface area contributed by atoms with E-state index in [0.29, 0.717) is 44.0 Å². The molecule has 1 amide bonds. The average Bonchev–Trinajstić information content (AvgIpc) is 3.22. The van der Waals surface area contributed by atoms with Gasteiger partial charge in [-0.25, -0.2) is 4.68 Å². The van der Waals surface area contributed by atoms with Gasteiger partial charge in [0.05, 0.1) is 4.92 Å². The lowest BCUT2D eigenvalue weighted by Gasteiger charge is -2.32. The Balaban J connectivity index is 1.54. The van der Waals surface area contributed by atoms with Crippen molar-refractivity contribution < 1.29 is 9.72 Å². The van der Waals surface area contributed by atoms with Gasteiger partial charge in [-0.2, -0.15) is 5.10 Å². The van der Waals surface area contributed by atoms with Gasteiger partial charge < -0.3 is 10.2 Å². The molecule has 0 aliphatic carbocycles. The van der Waals surface area contributed by atoms with E-state index in [1.807, 2.05) is 16.3 Å². The van der Waals surface area contributed by atoms with Gasteiger partial charge in [-0.15, -0.1) is 11.3 Å². The van der Waals surface area contributed by atoms with Crippen LogP contribution in [0.3, 0.4) is 0 Å². The van der Waals surface area contributed by atoms with E-state index < -0.39 is 0 Å². The summed E-state index contributed by atoms with van der Waals surface area (Å²) in [6.07, 6.45) is 2.22. The van der Waals surface area contributed by atoms with Crippen LogP contribution in [0.5, 0.6) is 0 Å². The summed E-state index contributed by atoms with van der Waals surface area (Å²) in [7, 11) is 1.72. The lowest BCUT2D eigenvalue weighted by atomic mass is 9.96. The summed E-state index contributed by atoms with van der Waals surface area (Å²) in [5.74, 6) is 0.573. The first kappa shape index (κ1) is 18.4. The van der Waals surface area contributed by atoms with Gasteiger partial charge in [0, 0.05) is 37.5 Å². The monoisotopic (exact) mass is 377 g/mol. The predicted octanol–water partition coefficient (Wildman–Crippen LogP) is 2.27. The number of amides is 1. The number of anilines is 1. The van der Waals surface area contributed by atoms with Crippen LogP contribution in [0.25, 0.3) is 0 Å². The van der Waals surface area contributed by atoms with Crippen LogP contribution >= 0.6 is 11.3 Å². The van der Waals surface area contributed by atoms with E-state index in [2.05, 4.69) is 16.5 Å². The molecule has 0 unspecified atom stereocenters. The van der Waals surface area contributed by atoms with E-state index in [4.69, 9.17) is 0 Å². The molecule has 1 aliphatic rings. The van der Waals surface area contributed by atoms with Gasteiger partial charge in [-0.1, -0.05) is 6.07 Å². The van der Waals surface area contributed by atoms with Crippen LogP contribution in [0.2, 0.25) is 0 Å². The molecule has 1 N–H and O–H groups in total. The number of piperidine rings is 1. The molecule has 0 aromatic carbocycles. The Morgan fingerprint density at radius 1 is 1.46 bits per heavy atom. The molecule has 2 aromatic rings. The summed E-state index contributed by atoms with van der Waals surface area (Å²) >= 11 is 1.69. The second kappa shape index (κ2) is 7.86. The van der Waals surface area contributed by atoms with Crippen LogP contribution in [-0.4, -0.2) is 40.2 Å². The fourth-order valence-electron chi connectivity index (χ4n) is 3.46. The SMILES string of the molecule is Cc1nn(C)c(N2CCC(C(=O)NCCc3cccs3)CC2)c1[N+](=O)[O-]. The lowest BCUT2D eigenvalue weighted by molar-refractivity contribution is -0.384. The summed E-state index contributed by atoms with van der Waals surface area (Å²) in [5.41, 5.74) is 0.479. The number of aromatic nitrogens is 2. The second-order valence-electron chi connectivity index (χ2n) is 6.52. The van der Waals surface area contributed by atoms with Crippen LogP contribution in [0.1, 0.15) is 23.4 Å². The molecule has 8 nitrogen and oxygen atoms in total. The van der Waals surface area contributed by atoms with E-state index in [9.17, 15) is 14.9 Å². The average molecular weight is 377 g/mol. The van der Waals surface area contributed by atoms with Crippen molar-refractivity contribution in [1.82, 2.24) is 15.1 Å². The maximum Gasteiger partial charge on any atom is 0.333 e. The fraction of sp³-hybridized carbons (Fsp3) is 0.529. The van der Waals surface area contributed by atoms with Gasteiger partial charge in [0.2, 0.25) is 11.7 Å². The molecule has 0 bridgehead atoms. The zero-order chi connectivity index (χ0) is 18.7. The first-order valence-corrected chi connectivity index (χ1v) is 9.58. The topological polar surface area (TPSA) is 93.3 Å². The molecule has 140 valence electrons. The normalized spacial score (nSPS) is 15.2. The van der Waals surface area contributed by atoms with E-state index in [-0.39, 0.29) is 22.4 Å². The Kier molecular flexibility index (Phi) is 5.55. The standard InChI is InChI=1S/C17H23N5O3S/c1-12-15(22(24)25)17(20(2)19-12)21-9-6-13(7-10-21)16(23)18-8-5-14-4-3-11-26-14/h3-4,11,13H,5-10H2,1-2H3,(H,18,23). The van der Waals surface area contributed by atoms with Crippen LogP contribution in [0.15, 0.2) is 17.5 Å². The molecule has 1 aliphatic heterocycles. The van der Waals surface area contributed by atoms with Crippen molar-refractivity contribution in [1.29, 1.82) is 0 Å². The van der Waals surface area contributed by atoms with E-state index >= 15 is 0 Å². The summed E-state index contributed by atoms with van der Waals surface area (Å²) in [6.45, 7) is 3.52. The summed E-state index contributed by atoms with van der Waals surface area (Å²) in [5, 5.41) is 20.6. The van der Waals surface area contributed by atoms with E-state index in [0.717, 1.165) is 6.42 Å². The summed E-state index contributed by atoms with van der Waals surface area (Å²) < 4.78 is 1.56. The van der Waals surface area contributed by atoms with Gasteiger partial charge in [-0.05, 0) is 37.6 Å². The van der Waals surface area contributed by atoms with E-state index in [1.165, 1.54) is 4.88 Å². The number of hydrogen-bond donors (Lipinski definition) is 1. The smallest absolute Gasteiger partial charge is 0.333 e. The number of hydrogen-bond acceptors (Lipinski definition) is 6. The Morgan fingerprint density at radius 3 is 2.81 bits per heavy atom. The third-order valence-corrected chi connectivity index (χ3v) is 5.70. The van der Waals surface area contributed by atoms with Crippen molar-refractivity contribution in [3.63, 3.8) is 0 Å². The van der Waals surface area contributed by atoms with Crippen molar-refractivity contribution in [2.24, 2.45) is 13.0 Å². The van der Waals surface area contributed by atoms with Crippen LogP contribution in [-0.2, 0) is 18.3 Å². The van der Waals surface area contributed by atoms with Crippen LogP contribution in [0.4, 0.5) is 11.5 Å². The number of carbonyl (C=O) groups excluding carboxylic acids is 1. The van der Waals surface area contributed by atoms with Crippen LogP contribution < -0.4 is 10.2 Å². The molecule has 0 radical (unpaired) electrons. The van der Waals surface area contributed by atoms with Crippen molar-refractivity contribution in [3.05, 3.63) is 38.2 Å². The van der Waals surface area contributed by atoms with Gasteiger partial charge in [-0.3, -0.25) is 14.9 Å². The highest BCUT2D eigenvalue weighted by Gasteiger charge is 2.32. The molecule has 3 rings (SSSR count). The number of aryl methyl sites for hydroxylation is 2. The van der Waals surface area contributed by atoms with Gasteiger partial charge in [0.15, 0.2) is 0 Å². The van der Waals surface area contributed by atoms with Gasteiger partial charge in [0.1, 0.15) is 5.69 Å². The number of nitrogens with zero attached hydrogens (tertiary/aromatic N) is 4. The molecular formula is C17H23N5O3S. The number of carbonyl (C=O) groups is 1. The minimum Gasteiger partial charge on any atom is -0.355 e. The van der Waals surface area contributed by atoms with Crippen molar-refractivity contribution >= 4 is 28.7 Å². The maximum absolute atomic E-state index is 12.4. The highest BCUT2D eigenvalue weighted by atomic mass is 32.1. The first-order chi connectivity index (χ1) is 12.5. The Labute approximate surface area is 156 Å². The predicted molar refractivity (Wildman–Crippen MR) is 101 cm³/mol. The molecule has 3 heterocycles. The quantitative estimate of drug-likeness (QED) is 0.616.